The maximum absolute atomic E-state index is 12.5. The summed E-state index contributed by atoms with van der Waals surface area (Å²) in [6.07, 6.45) is 0.987. The fourth-order valence-electron chi connectivity index (χ4n) is 2.55. The van der Waals surface area contributed by atoms with Crippen molar-refractivity contribution < 1.29 is 13.7 Å². The van der Waals surface area contributed by atoms with Gasteiger partial charge in [-0.1, -0.05) is 12.1 Å². The summed E-state index contributed by atoms with van der Waals surface area (Å²) < 4.78 is 23.3. The van der Waals surface area contributed by atoms with E-state index in [2.05, 4.69) is 5.32 Å². The van der Waals surface area contributed by atoms with E-state index in [-0.39, 0.29) is 17.4 Å². The van der Waals surface area contributed by atoms with Gasteiger partial charge in [-0.2, -0.15) is 0 Å². The van der Waals surface area contributed by atoms with Crippen molar-refractivity contribution in [2.45, 2.75) is 30.7 Å². The van der Waals surface area contributed by atoms with Crippen molar-refractivity contribution in [3.05, 3.63) is 29.8 Å². The lowest BCUT2D eigenvalue weighted by molar-refractivity contribution is 0.127. The van der Waals surface area contributed by atoms with Crippen LogP contribution in [0.5, 0.6) is 5.75 Å². The molecule has 0 spiro atoms. The van der Waals surface area contributed by atoms with E-state index < -0.39 is 10.8 Å². The molecule has 0 aromatic heterocycles. The second kappa shape index (κ2) is 7.20. The predicted octanol–water partition coefficient (Wildman–Crippen LogP) is 1.88. The van der Waals surface area contributed by atoms with Gasteiger partial charge in [-0.15, -0.1) is 0 Å². The zero-order valence-corrected chi connectivity index (χ0v) is 13.1. The normalized spacial score (nSPS) is 25.4. The Morgan fingerprint density at radius 2 is 2.35 bits per heavy atom. The fourth-order valence-corrected chi connectivity index (χ4v) is 4.35. The first-order valence-corrected chi connectivity index (χ1v) is 8.34. The van der Waals surface area contributed by atoms with Crippen molar-refractivity contribution in [3.8, 4) is 5.75 Å². The van der Waals surface area contributed by atoms with Gasteiger partial charge in [-0.05, 0) is 38.1 Å². The second-order valence-electron chi connectivity index (χ2n) is 5.07. The van der Waals surface area contributed by atoms with Crippen molar-refractivity contribution in [2.24, 2.45) is 0 Å². The van der Waals surface area contributed by atoms with Crippen LogP contribution < -0.4 is 10.1 Å². The minimum atomic E-state index is -0.893. The molecule has 1 aliphatic heterocycles. The monoisotopic (exact) mass is 297 g/mol. The van der Waals surface area contributed by atoms with Crippen LogP contribution in [0.15, 0.2) is 24.3 Å². The summed E-state index contributed by atoms with van der Waals surface area (Å²) in [5.41, 5.74) is 1.10. The van der Waals surface area contributed by atoms with Crippen LogP contribution in [-0.2, 0) is 15.5 Å². The fraction of sp³-hybridized carbons (Fsp3) is 0.600. The Kier molecular flexibility index (Phi) is 5.57. The molecule has 20 heavy (non-hydrogen) atoms. The molecular weight excluding hydrogens is 274 g/mol. The van der Waals surface area contributed by atoms with Crippen molar-refractivity contribution in [3.63, 3.8) is 0 Å². The third-order valence-electron chi connectivity index (χ3n) is 3.82. The van der Waals surface area contributed by atoms with Crippen LogP contribution in [0.4, 0.5) is 0 Å². The van der Waals surface area contributed by atoms with E-state index in [0.29, 0.717) is 5.75 Å². The van der Waals surface area contributed by atoms with E-state index in [1.807, 2.05) is 38.2 Å². The van der Waals surface area contributed by atoms with E-state index in [9.17, 15) is 4.21 Å². The standard InChI is InChI=1S/C15H23NO3S/c1-11-15(7-8-19-11)20(17)10-14(16-2)12-5-4-6-13(9-12)18-3/h4-6,9,11,14-16H,7-8,10H2,1-3H3. The predicted molar refractivity (Wildman–Crippen MR) is 81.6 cm³/mol. The van der Waals surface area contributed by atoms with E-state index in [1.165, 1.54) is 0 Å². The summed E-state index contributed by atoms with van der Waals surface area (Å²) in [6.45, 7) is 2.73. The number of methoxy groups -OCH3 is 1. The van der Waals surface area contributed by atoms with Crippen molar-refractivity contribution in [2.75, 3.05) is 26.5 Å². The Balaban J connectivity index is 2.06. The highest BCUT2D eigenvalue weighted by Gasteiger charge is 2.30. The molecule has 5 heteroatoms. The Morgan fingerprint density at radius 1 is 1.55 bits per heavy atom. The van der Waals surface area contributed by atoms with Gasteiger partial charge in [0.15, 0.2) is 0 Å². The summed E-state index contributed by atoms with van der Waals surface area (Å²) >= 11 is 0. The van der Waals surface area contributed by atoms with E-state index >= 15 is 0 Å². The van der Waals surface area contributed by atoms with Gasteiger partial charge >= 0.3 is 0 Å². The molecule has 1 N–H and O–H groups in total. The number of ether oxygens (including phenoxy) is 2. The van der Waals surface area contributed by atoms with Gasteiger partial charge in [0, 0.05) is 29.2 Å². The summed E-state index contributed by atoms with van der Waals surface area (Å²) in [6, 6.07) is 7.98. The van der Waals surface area contributed by atoms with Crippen LogP contribution in [0.1, 0.15) is 24.9 Å². The summed E-state index contributed by atoms with van der Waals surface area (Å²) in [4.78, 5) is 0. The highest BCUT2D eigenvalue weighted by Crippen LogP contribution is 2.24. The lowest BCUT2D eigenvalue weighted by Gasteiger charge is -2.20. The van der Waals surface area contributed by atoms with Crippen molar-refractivity contribution >= 4 is 10.8 Å². The molecule has 0 aliphatic carbocycles. The minimum Gasteiger partial charge on any atom is -0.497 e. The molecule has 1 saturated heterocycles. The van der Waals surface area contributed by atoms with Gasteiger partial charge in [-0.25, -0.2) is 0 Å². The Hall–Kier alpha value is -0.910. The number of benzene rings is 1. The van der Waals surface area contributed by atoms with Gasteiger partial charge in [-0.3, -0.25) is 4.21 Å². The molecular formula is C15H23NO3S. The average molecular weight is 297 g/mol. The van der Waals surface area contributed by atoms with E-state index in [1.54, 1.807) is 7.11 Å². The van der Waals surface area contributed by atoms with Crippen LogP contribution in [0.2, 0.25) is 0 Å². The largest absolute Gasteiger partial charge is 0.497 e. The lowest BCUT2D eigenvalue weighted by Crippen LogP contribution is -2.31. The van der Waals surface area contributed by atoms with Crippen LogP contribution >= 0.6 is 0 Å². The van der Waals surface area contributed by atoms with Gasteiger partial charge < -0.3 is 14.8 Å². The molecule has 4 nitrogen and oxygen atoms in total. The van der Waals surface area contributed by atoms with Gasteiger partial charge in [0.05, 0.1) is 18.5 Å². The lowest BCUT2D eigenvalue weighted by atomic mass is 10.1. The topological polar surface area (TPSA) is 47.6 Å². The van der Waals surface area contributed by atoms with Crippen LogP contribution in [0.25, 0.3) is 0 Å². The molecule has 1 aliphatic rings. The molecule has 4 atom stereocenters. The molecule has 1 fully saturated rings. The number of hydrogen-bond acceptors (Lipinski definition) is 4. The quantitative estimate of drug-likeness (QED) is 0.871. The highest BCUT2D eigenvalue weighted by molar-refractivity contribution is 7.85. The van der Waals surface area contributed by atoms with Gasteiger partial charge in [0.1, 0.15) is 5.75 Å². The molecule has 0 saturated carbocycles. The zero-order valence-electron chi connectivity index (χ0n) is 12.3. The van der Waals surface area contributed by atoms with Gasteiger partial charge in [0.25, 0.3) is 0 Å². The second-order valence-corrected chi connectivity index (χ2v) is 6.77. The zero-order chi connectivity index (χ0) is 14.5. The third-order valence-corrected chi connectivity index (χ3v) is 5.78. The molecule has 1 aromatic carbocycles. The first-order valence-electron chi connectivity index (χ1n) is 6.95. The smallest absolute Gasteiger partial charge is 0.119 e. The number of nitrogens with one attached hydrogen (secondary N) is 1. The van der Waals surface area contributed by atoms with Crippen LogP contribution in [-0.4, -0.2) is 42.1 Å². The Labute approximate surface area is 123 Å². The molecule has 112 valence electrons. The molecule has 2 rings (SSSR count). The first kappa shape index (κ1) is 15.5. The Bertz CT molecular complexity index is 466. The SMILES string of the molecule is CNC(CS(=O)C1CCOC1C)c1cccc(OC)c1. The molecule has 1 aromatic rings. The average Bonchev–Trinajstić information content (AvgIpc) is 2.90. The maximum atomic E-state index is 12.5. The summed E-state index contributed by atoms with van der Waals surface area (Å²) in [7, 11) is 2.66. The molecule has 1 heterocycles. The number of rotatable bonds is 6. The molecule has 0 amide bonds. The van der Waals surface area contributed by atoms with Crippen molar-refractivity contribution in [1.29, 1.82) is 0 Å². The van der Waals surface area contributed by atoms with E-state index in [4.69, 9.17) is 9.47 Å². The van der Waals surface area contributed by atoms with Crippen LogP contribution in [0, 0.1) is 0 Å². The van der Waals surface area contributed by atoms with Gasteiger partial charge in [0.2, 0.25) is 0 Å². The van der Waals surface area contributed by atoms with Crippen molar-refractivity contribution in [1.82, 2.24) is 5.32 Å². The molecule has 4 unspecified atom stereocenters. The highest BCUT2D eigenvalue weighted by atomic mass is 32.2. The first-order chi connectivity index (χ1) is 9.65. The summed E-state index contributed by atoms with van der Waals surface area (Å²) in [5, 5.41) is 3.40. The third kappa shape index (κ3) is 3.59. The minimum absolute atomic E-state index is 0.0683. The molecule has 0 bridgehead atoms. The number of hydrogen-bond donors (Lipinski definition) is 1. The summed E-state index contributed by atoms with van der Waals surface area (Å²) in [5.74, 6) is 1.42. The molecule has 0 radical (unpaired) electrons. The maximum Gasteiger partial charge on any atom is 0.119 e. The Morgan fingerprint density at radius 3 is 2.95 bits per heavy atom. The van der Waals surface area contributed by atoms with E-state index in [0.717, 1.165) is 24.3 Å². The van der Waals surface area contributed by atoms with Crippen LogP contribution in [0.3, 0.4) is 0 Å².